The van der Waals surface area contributed by atoms with Gasteiger partial charge in [0.15, 0.2) is 5.82 Å². The molecule has 1 aromatic heterocycles. The fourth-order valence-corrected chi connectivity index (χ4v) is 2.54. The highest BCUT2D eigenvalue weighted by Crippen LogP contribution is 2.20. The SMILES string of the molecule is O=C(Cc1ccccc1)Nc1nn(Cc2cccc(F)c2)cc1Cl. The summed E-state index contributed by atoms with van der Waals surface area (Å²) in [7, 11) is 0. The summed E-state index contributed by atoms with van der Waals surface area (Å²) in [5, 5.41) is 7.29. The lowest BCUT2D eigenvalue weighted by Crippen LogP contribution is -2.15. The number of nitrogens with one attached hydrogen (secondary N) is 1. The third kappa shape index (κ3) is 4.20. The topological polar surface area (TPSA) is 46.9 Å². The molecule has 0 spiro atoms. The predicted molar refractivity (Wildman–Crippen MR) is 91.5 cm³/mol. The van der Waals surface area contributed by atoms with Gasteiger partial charge in [-0.15, -0.1) is 0 Å². The van der Waals surface area contributed by atoms with Gasteiger partial charge in [-0.2, -0.15) is 5.10 Å². The summed E-state index contributed by atoms with van der Waals surface area (Å²) in [5.41, 5.74) is 1.67. The standard InChI is InChI=1S/C18H15ClFN3O/c19-16-12-23(11-14-7-4-8-15(20)9-14)22-18(16)21-17(24)10-13-5-2-1-3-6-13/h1-9,12H,10-11H2,(H,21,22,24). The minimum absolute atomic E-state index is 0.195. The van der Waals surface area contributed by atoms with Gasteiger partial charge in [0, 0.05) is 6.20 Å². The van der Waals surface area contributed by atoms with Gasteiger partial charge in [0.25, 0.3) is 0 Å². The Balaban J connectivity index is 1.66. The molecule has 122 valence electrons. The first-order valence-corrected chi connectivity index (χ1v) is 7.79. The van der Waals surface area contributed by atoms with Crippen molar-refractivity contribution in [3.05, 3.63) is 82.8 Å². The number of hydrogen-bond donors (Lipinski definition) is 1. The first-order chi connectivity index (χ1) is 11.6. The van der Waals surface area contributed by atoms with Gasteiger partial charge < -0.3 is 5.32 Å². The lowest BCUT2D eigenvalue weighted by atomic mass is 10.1. The highest BCUT2D eigenvalue weighted by atomic mass is 35.5. The summed E-state index contributed by atoms with van der Waals surface area (Å²) in [6.07, 6.45) is 1.85. The van der Waals surface area contributed by atoms with Crippen molar-refractivity contribution in [3.8, 4) is 0 Å². The van der Waals surface area contributed by atoms with Crippen LogP contribution in [0.25, 0.3) is 0 Å². The molecular weight excluding hydrogens is 329 g/mol. The second-order valence-corrected chi connectivity index (χ2v) is 5.77. The molecule has 4 nitrogen and oxygen atoms in total. The molecule has 0 saturated carbocycles. The van der Waals surface area contributed by atoms with Crippen molar-refractivity contribution in [3.63, 3.8) is 0 Å². The Hall–Kier alpha value is -2.66. The highest BCUT2D eigenvalue weighted by molar-refractivity contribution is 6.33. The zero-order valence-corrected chi connectivity index (χ0v) is 13.5. The molecule has 0 unspecified atom stereocenters. The number of carbonyl (C=O) groups is 1. The highest BCUT2D eigenvalue weighted by Gasteiger charge is 2.11. The average molecular weight is 344 g/mol. The van der Waals surface area contributed by atoms with E-state index in [-0.39, 0.29) is 18.1 Å². The van der Waals surface area contributed by atoms with Gasteiger partial charge in [-0.1, -0.05) is 54.1 Å². The maximum Gasteiger partial charge on any atom is 0.230 e. The fourth-order valence-electron chi connectivity index (χ4n) is 2.34. The van der Waals surface area contributed by atoms with E-state index in [1.807, 2.05) is 30.3 Å². The molecule has 0 saturated heterocycles. The van der Waals surface area contributed by atoms with Crippen LogP contribution in [0.4, 0.5) is 10.2 Å². The average Bonchev–Trinajstić information content (AvgIpc) is 2.87. The van der Waals surface area contributed by atoms with E-state index in [1.165, 1.54) is 12.1 Å². The van der Waals surface area contributed by atoms with E-state index < -0.39 is 0 Å². The van der Waals surface area contributed by atoms with Crippen LogP contribution < -0.4 is 5.32 Å². The Morgan fingerprint density at radius 3 is 2.62 bits per heavy atom. The van der Waals surface area contributed by atoms with E-state index in [2.05, 4.69) is 10.4 Å². The largest absolute Gasteiger partial charge is 0.308 e. The molecular formula is C18H15ClFN3O. The van der Waals surface area contributed by atoms with Gasteiger partial charge in [0.2, 0.25) is 5.91 Å². The lowest BCUT2D eigenvalue weighted by Gasteiger charge is -2.03. The van der Waals surface area contributed by atoms with Gasteiger partial charge in [0.05, 0.1) is 13.0 Å². The quantitative estimate of drug-likeness (QED) is 0.763. The van der Waals surface area contributed by atoms with Gasteiger partial charge in [-0.05, 0) is 23.3 Å². The van der Waals surface area contributed by atoms with Crippen LogP contribution in [0, 0.1) is 5.82 Å². The Bertz CT molecular complexity index is 848. The number of nitrogens with zero attached hydrogens (tertiary/aromatic N) is 2. The van der Waals surface area contributed by atoms with Crippen LogP contribution in [0.15, 0.2) is 60.8 Å². The lowest BCUT2D eigenvalue weighted by molar-refractivity contribution is -0.115. The number of carbonyl (C=O) groups excluding carboxylic acids is 1. The number of amides is 1. The molecule has 0 aliphatic carbocycles. The third-order valence-corrected chi connectivity index (χ3v) is 3.69. The molecule has 0 radical (unpaired) electrons. The van der Waals surface area contributed by atoms with Crippen molar-refractivity contribution >= 4 is 23.3 Å². The Kier molecular flexibility index (Phi) is 4.91. The fraction of sp³-hybridized carbons (Fsp3) is 0.111. The van der Waals surface area contributed by atoms with E-state index in [1.54, 1.807) is 23.0 Å². The van der Waals surface area contributed by atoms with Crippen molar-refractivity contribution in [1.29, 1.82) is 0 Å². The molecule has 2 aromatic carbocycles. The maximum atomic E-state index is 13.2. The summed E-state index contributed by atoms with van der Waals surface area (Å²) in [4.78, 5) is 12.1. The molecule has 1 heterocycles. The predicted octanol–water partition coefficient (Wildman–Crippen LogP) is 3.91. The van der Waals surface area contributed by atoms with Crippen molar-refractivity contribution in [2.75, 3.05) is 5.32 Å². The zero-order valence-electron chi connectivity index (χ0n) is 12.7. The second-order valence-electron chi connectivity index (χ2n) is 5.36. The molecule has 3 rings (SSSR count). The normalized spacial score (nSPS) is 10.6. The number of aromatic nitrogens is 2. The summed E-state index contributed by atoms with van der Waals surface area (Å²) in [6.45, 7) is 0.367. The smallest absolute Gasteiger partial charge is 0.230 e. The third-order valence-electron chi connectivity index (χ3n) is 3.42. The molecule has 0 atom stereocenters. The molecule has 3 aromatic rings. The van der Waals surface area contributed by atoms with Crippen molar-refractivity contribution in [2.45, 2.75) is 13.0 Å². The van der Waals surface area contributed by atoms with Gasteiger partial charge in [-0.25, -0.2) is 4.39 Å². The number of halogens is 2. The summed E-state index contributed by atoms with van der Waals surface area (Å²) < 4.78 is 14.8. The van der Waals surface area contributed by atoms with E-state index in [0.717, 1.165) is 11.1 Å². The van der Waals surface area contributed by atoms with Crippen LogP contribution in [-0.2, 0) is 17.8 Å². The van der Waals surface area contributed by atoms with Crippen molar-refractivity contribution in [1.82, 2.24) is 9.78 Å². The molecule has 0 bridgehead atoms. The van der Waals surface area contributed by atoms with Crippen LogP contribution in [0.2, 0.25) is 5.02 Å². The molecule has 24 heavy (non-hydrogen) atoms. The van der Waals surface area contributed by atoms with Gasteiger partial charge >= 0.3 is 0 Å². The van der Waals surface area contributed by atoms with E-state index in [0.29, 0.717) is 17.4 Å². The summed E-state index contributed by atoms with van der Waals surface area (Å²) >= 11 is 6.12. The Morgan fingerprint density at radius 2 is 1.88 bits per heavy atom. The molecule has 0 aliphatic heterocycles. The first-order valence-electron chi connectivity index (χ1n) is 7.41. The molecule has 1 amide bonds. The van der Waals surface area contributed by atoms with Crippen molar-refractivity contribution in [2.24, 2.45) is 0 Å². The summed E-state index contributed by atoms with van der Waals surface area (Å²) in [6, 6.07) is 15.7. The molecule has 0 fully saturated rings. The minimum Gasteiger partial charge on any atom is -0.308 e. The Labute approximate surface area is 143 Å². The van der Waals surface area contributed by atoms with Crippen LogP contribution in [0.3, 0.4) is 0 Å². The Morgan fingerprint density at radius 1 is 1.12 bits per heavy atom. The summed E-state index contributed by atoms with van der Waals surface area (Å²) in [5.74, 6) is -0.199. The van der Waals surface area contributed by atoms with E-state index in [4.69, 9.17) is 11.6 Å². The first kappa shape index (κ1) is 16.2. The van der Waals surface area contributed by atoms with Crippen LogP contribution in [-0.4, -0.2) is 15.7 Å². The number of benzene rings is 2. The van der Waals surface area contributed by atoms with Crippen LogP contribution in [0.5, 0.6) is 0 Å². The monoisotopic (exact) mass is 343 g/mol. The number of rotatable bonds is 5. The molecule has 1 N–H and O–H groups in total. The minimum atomic E-state index is -0.304. The molecule has 6 heteroatoms. The van der Waals surface area contributed by atoms with Crippen LogP contribution in [0.1, 0.15) is 11.1 Å². The van der Waals surface area contributed by atoms with E-state index in [9.17, 15) is 9.18 Å². The second kappa shape index (κ2) is 7.27. The molecule has 0 aliphatic rings. The number of anilines is 1. The zero-order chi connectivity index (χ0) is 16.9. The van der Waals surface area contributed by atoms with Crippen LogP contribution >= 0.6 is 11.6 Å². The van der Waals surface area contributed by atoms with Crippen molar-refractivity contribution < 1.29 is 9.18 Å². The van der Waals surface area contributed by atoms with Gasteiger partial charge in [0.1, 0.15) is 10.8 Å². The van der Waals surface area contributed by atoms with E-state index >= 15 is 0 Å². The maximum absolute atomic E-state index is 13.2. The van der Waals surface area contributed by atoms with Gasteiger partial charge in [-0.3, -0.25) is 9.48 Å². The number of hydrogen-bond acceptors (Lipinski definition) is 2.